The SMILES string of the molecule is CC(=O)O.COc1c(C)cc2c(c1O)[C@@H]1[C@@H]3[C@@H]4SCC(=O)C(=O)OC[C@@H](c5c6c(c(C)c(OC(C)=O)c54)OCO6)N3[C@@H](C#N)[C@H](C2)N1C.COc1ccc2oc3c(c2c1)CCN[C@]31CS[C@@H]2c3c(OC(C)=O)c(C)c4c(c3[C@H](COC1=O)N1[C@@H]2[C@H]2c3c(cc(C)c(OC)c3O)C[C@@H]([C@@H]1C#N)N2C)OCO4.COc1ccc2occ(CCN)c2c1.Cl. The lowest BCUT2D eigenvalue weighted by Crippen LogP contribution is -2.69. The fraction of sp³-hybridized carbons (Fsp3) is 0.442. The van der Waals surface area contributed by atoms with Crippen LogP contribution in [0.3, 0.4) is 0 Å². The largest absolute Gasteiger partial charge is 0.504 e. The van der Waals surface area contributed by atoms with Crippen molar-refractivity contribution in [3.63, 3.8) is 0 Å². The summed E-state index contributed by atoms with van der Waals surface area (Å²) in [7, 11) is 10.3. The zero-order valence-electron chi connectivity index (χ0n) is 68.1. The molecule has 4 fully saturated rings. The summed E-state index contributed by atoms with van der Waals surface area (Å²) in [5, 5.41) is 57.5. The molecule has 12 aliphatic rings. The van der Waals surface area contributed by atoms with Gasteiger partial charge in [-0.3, -0.25) is 44.1 Å². The van der Waals surface area contributed by atoms with E-state index >= 15 is 0 Å². The van der Waals surface area contributed by atoms with Crippen LogP contribution in [-0.2, 0) is 69.5 Å². The highest BCUT2D eigenvalue weighted by Gasteiger charge is 2.64. The van der Waals surface area contributed by atoms with Gasteiger partial charge in [-0.15, -0.1) is 35.9 Å². The van der Waals surface area contributed by atoms with Crippen molar-refractivity contribution in [3.8, 4) is 81.1 Å². The number of nitrogens with two attached hydrogens (primary N) is 1. The monoisotopic (exact) mass is 1700 g/mol. The summed E-state index contributed by atoms with van der Waals surface area (Å²) in [5.74, 6) is 1.17. The van der Waals surface area contributed by atoms with Crippen LogP contribution in [0.15, 0.2) is 63.6 Å². The second-order valence-electron chi connectivity index (χ2n) is 31.1. The highest BCUT2D eigenvalue weighted by Crippen LogP contribution is 2.67. The first-order valence-electron chi connectivity index (χ1n) is 38.9. The average molecular weight is 1700 g/mol. The van der Waals surface area contributed by atoms with E-state index in [9.17, 15) is 44.7 Å². The number of nitrogens with zero attached hydrogens (tertiary/aromatic N) is 6. The predicted octanol–water partition coefficient (Wildman–Crippen LogP) is 10.3. The summed E-state index contributed by atoms with van der Waals surface area (Å²) in [4.78, 5) is 83.6. The number of ketones is 1. The number of benzene rings is 6. The van der Waals surface area contributed by atoms with Crippen molar-refractivity contribution < 1.29 is 110 Å². The number of hydrogen-bond donors (Lipinski definition) is 5. The first-order valence-corrected chi connectivity index (χ1v) is 41.0. The maximum atomic E-state index is 14.9. The number of methoxy groups -OCH3 is 4. The third-order valence-corrected chi connectivity index (χ3v) is 27.5. The van der Waals surface area contributed by atoms with Gasteiger partial charge in [0.05, 0.1) is 87.3 Å². The Kier molecular flexibility index (Phi) is 23.1. The van der Waals surface area contributed by atoms with Gasteiger partial charge in [0.1, 0.15) is 65.2 Å². The molecule has 13 atom stereocenters. The lowest BCUT2D eigenvalue weighted by Gasteiger charge is -2.62. The first kappa shape index (κ1) is 84.2. The molecule has 1 spiro atoms. The molecule has 632 valence electrons. The molecule has 20 rings (SSSR count). The van der Waals surface area contributed by atoms with Crippen LogP contribution in [0.5, 0.6) is 69.0 Å². The van der Waals surface area contributed by atoms with Gasteiger partial charge < -0.3 is 86.7 Å². The van der Waals surface area contributed by atoms with E-state index in [-0.39, 0.29) is 74.3 Å². The minimum atomic E-state index is -1.40. The second-order valence-corrected chi connectivity index (χ2v) is 33.4. The Morgan fingerprint density at radius 1 is 0.633 bits per heavy atom. The van der Waals surface area contributed by atoms with Crippen molar-refractivity contribution in [1.29, 1.82) is 10.5 Å². The average Bonchev–Trinajstić information content (AvgIpc) is 0.897. The maximum Gasteiger partial charge on any atom is 0.375 e. The quantitative estimate of drug-likeness (QED) is 0.0536. The van der Waals surface area contributed by atoms with E-state index in [1.54, 1.807) is 34.5 Å². The Morgan fingerprint density at radius 3 is 1.60 bits per heavy atom. The van der Waals surface area contributed by atoms with Gasteiger partial charge in [0.2, 0.25) is 19.4 Å². The van der Waals surface area contributed by atoms with Gasteiger partial charge in [-0.1, -0.05) is 12.1 Å². The molecule has 0 radical (unpaired) electrons. The van der Waals surface area contributed by atoms with Crippen LogP contribution in [0, 0.1) is 50.4 Å². The van der Waals surface area contributed by atoms with E-state index in [2.05, 4.69) is 43.1 Å². The van der Waals surface area contributed by atoms with Crippen molar-refractivity contribution in [2.75, 3.05) is 93.9 Å². The standard InChI is InChI=1S/C42H42N4O10S.C31H31N3O9S.C11H13NO2.C2H4O2.ClH/c1-18-11-21-12-25-26(14-43)46-27-15-52-41(49)42(40-23(9-10-44-42)24-13-22(50-5)7-8-28(24)56-40)16-57-39(33(46)32(45(25)4)29(21)34(48)35(18)51-6)31-30(27)38-37(53-17-54-38)19(2)36(31)55-20(3)47;1-12-6-15-7-16-17(8-32)34-18-9-40-31(38)19(36)10-44-30(24(34)23(33(16)4)20(15)25(37)26(12)39-5)22-21(18)29-28(41-11-42-29)13(2)27(22)43-14(3)35;1-13-9-2-3-11-10(6-9)8(4-5-12)7-14-11;1-2(3)4;/h7-8,11,13,25-27,32-33,39,44,48H,9-10,12,15-17H2,1-6H3;6,16-18,23-24,30,37H,7,9-11H2,1-5H3;2-3,6-7H,4-5,12H2,1H3;1H3,(H,3,4);1H/t25-,26-,27-,32+,33+,39+,42+;16-,17-,18-,23+,24+,30+;;;/m00.../s1. The summed E-state index contributed by atoms with van der Waals surface area (Å²) in [6.07, 6.45) is 4.20. The number of phenols is 2. The predicted molar refractivity (Wildman–Crippen MR) is 437 cm³/mol. The van der Waals surface area contributed by atoms with Crippen LogP contribution in [0.2, 0.25) is 0 Å². The molecule has 0 unspecified atom stereocenters. The molecule has 14 heterocycles. The van der Waals surface area contributed by atoms with Crippen LogP contribution in [0.1, 0.15) is 139 Å². The number of furan rings is 2. The molecule has 2 aromatic heterocycles. The van der Waals surface area contributed by atoms with Crippen molar-refractivity contribution in [3.05, 3.63) is 138 Å². The number of aromatic hydroxyl groups is 2. The van der Waals surface area contributed by atoms with Gasteiger partial charge in [0, 0.05) is 118 Å². The van der Waals surface area contributed by atoms with Gasteiger partial charge in [-0.2, -0.15) is 10.5 Å². The van der Waals surface area contributed by atoms with E-state index < -0.39 is 100 Å². The molecule has 31 nitrogen and oxygen atoms in total. The number of thioether (sulfide) groups is 2. The number of nitriles is 2. The number of Topliss-reactive ketones (excluding diaryl/α,β-unsaturated/α-hetero) is 1. The number of esters is 4. The van der Waals surface area contributed by atoms with Crippen molar-refractivity contribution >= 4 is 93.5 Å². The van der Waals surface area contributed by atoms with E-state index in [4.69, 9.17) is 81.3 Å². The number of carbonyl (C=O) groups excluding carboxylic acids is 5. The number of rotatable bonds is 8. The van der Waals surface area contributed by atoms with E-state index in [1.807, 2.05) is 77.3 Å². The van der Waals surface area contributed by atoms with Gasteiger partial charge in [0.25, 0.3) is 5.97 Å². The molecule has 12 aliphatic heterocycles. The van der Waals surface area contributed by atoms with Crippen molar-refractivity contribution in [1.82, 2.24) is 24.9 Å². The summed E-state index contributed by atoms with van der Waals surface area (Å²) >= 11 is 2.72. The normalized spacial score (nSPS) is 25.5. The number of ether oxygens (including phenoxy) is 12. The van der Waals surface area contributed by atoms with Crippen molar-refractivity contribution in [2.24, 2.45) is 5.73 Å². The molecule has 4 saturated heterocycles. The Bertz CT molecular complexity index is 5640. The van der Waals surface area contributed by atoms with Gasteiger partial charge in [-0.25, -0.2) is 9.59 Å². The number of carbonyl (C=O) groups is 6. The second kappa shape index (κ2) is 32.9. The molecule has 6 N–H and O–H groups in total. The van der Waals surface area contributed by atoms with Gasteiger partial charge >= 0.3 is 23.9 Å². The topological polar surface area (TPSA) is 399 Å². The highest BCUT2D eigenvalue weighted by molar-refractivity contribution is 8.00. The molecule has 0 amide bonds. The Morgan fingerprint density at radius 2 is 1.12 bits per heavy atom. The lowest BCUT2D eigenvalue weighted by atomic mass is 9.71. The molecule has 8 bridgehead atoms. The molecule has 120 heavy (non-hydrogen) atoms. The minimum Gasteiger partial charge on any atom is -0.504 e. The molecule has 0 saturated carbocycles. The summed E-state index contributed by atoms with van der Waals surface area (Å²) in [5.41, 5.74) is 16.2. The van der Waals surface area contributed by atoms with Gasteiger partial charge in [-0.05, 0) is 138 Å². The highest BCUT2D eigenvalue weighted by atomic mass is 35.5. The number of halogens is 1. The van der Waals surface area contributed by atoms with Crippen molar-refractivity contribution in [2.45, 2.75) is 151 Å². The minimum absolute atomic E-state index is 0. The number of likely N-dealkylation sites (N-methyl/N-ethyl adjacent to an activating group) is 2. The first-order chi connectivity index (χ1) is 57.2. The molecular formula is C86H91ClN8O23S2. The Labute approximate surface area is 704 Å². The fourth-order valence-electron chi connectivity index (χ4n) is 20.0. The van der Waals surface area contributed by atoms with E-state index in [0.717, 1.165) is 74.4 Å². The summed E-state index contributed by atoms with van der Waals surface area (Å²) in [6, 6.07) is 15.2. The smallest absolute Gasteiger partial charge is 0.375 e. The molecule has 0 aliphatic carbocycles. The van der Waals surface area contributed by atoms with Crippen LogP contribution < -0.4 is 58.4 Å². The third-order valence-electron chi connectivity index (χ3n) is 24.8. The zero-order valence-corrected chi connectivity index (χ0v) is 70.6. The molecule has 6 aromatic carbocycles. The van der Waals surface area contributed by atoms with Crippen LogP contribution in [0.25, 0.3) is 21.9 Å². The number of phenolic OH excluding ortho intramolecular Hbond substituents is 2. The maximum absolute atomic E-state index is 14.9. The van der Waals surface area contributed by atoms with Crippen LogP contribution in [-0.4, -0.2) is 201 Å². The van der Waals surface area contributed by atoms with Gasteiger partial charge in [0.15, 0.2) is 51.5 Å². The van der Waals surface area contributed by atoms with E-state index in [1.165, 1.54) is 44.5 Å². The summed E-state index contributed by atoms with van der Waals surface area (Å²) in [6.45, 7) is 11.7. The molecule has 34 heteroatoms. The fourth-order valence-corrected chi connectivity index (χ4v) is 23.0. The molecule has 8 aromatic rings. The van der Waals surface area contributed by atoms with Crippen LogP contribution in [0.4, 0.5) is 0 Å². The number of piperazine rings is 2. The number of carboxylic acids is 1. The Hall–Kier alpha value is -10.9. The Balaban J connectivity index is 0.000000157. The number of aryl methyl sites for hydroxylation is 2. The number of cyclic esters (lactones) is 1. The number of nitrogens with one attached hydrogen (secondary N) is 1. The number of aliphatic carboxylic acids is 1. The van der Waals surface area contributed by atoms with Crippen LogP contribution >= 0.6 is 35.9 Å². The van der Waals surface area contributed by atoms with E-state index in [0.29, 0.717) is 134 Å². The lowest BCUT2D eigenvalue weighted by molar-refractivity contribution is -0.158. The zero-order chi connectivity index (χ0) is 84.4. The number of fused-ring (bicyclic) bond motifs is 21. The molecular weight excluding hydrogens is 1610 g/mol. The number of hydrogen-bond acceptors (Lipinski definition) is 32. The summed E-state index contributed by atoms with van der Waals surface area (Å²) < 4.78 is 82.4. The number of carboxylic acid groups (broad SMARTS) is 1. The third kappa shape index (κ3) is 13.5.